The molecule has 2 aromatic carbocycles. The van der Waals surface area contributed by atoms with Crippen LogP contribution in [0.25, 0.3) is 28.2 Å². The quantitative estimate of drug-likeness (QED) is 0.582. The molecule has 0 unspecified atom stereocenters. The molecule has 0 aliphatic rings. The number of hydrogen-bond acceptors (Lipinski definition) is 4. The van der Waals surface area contributed by atoms with Crippen molar-refractivity contribution in [3.8, 4) is 28.2 Å². The smallest absolute Gasteiger partial charge is 0.164 e. The maximum atomic E-state index is 4.27. The predicted octanol–water partition coefficient (Wildman–Crippen LogP) is 3.39. The van der Waals surface area contributed by atoms with Gasteiger partial charge in [0.1, 0.15) is 12.7 Å². The van der Waals surface area contributed by atoms with E-state index in [1.54, 1.807) is 12.5 Å². The average Bonchev–Trinajstić information content (AvgIpc) is 3.17. The molecule has 23 heavy (non-hydrogen) atoms. The van der Waals surface area contributed by atoms with Gasteiger partial charge in [-0.3, -0.25) is 0 Å². The van der Waals surface area contributed by atoms with Gasteiger partial charge in [0.25, 0.3) is 0 Å². The Morgan fingerprint density at radius 1 is 0.783 bits per heavy atom. The van der Waals surface area contributed by atoms with Crippen LogP contribution in [0.3, 0.4) is 0 Å². The Balaban J connectivity index is 1.91. The Morgan fingerprint density at radius 2 is 1.61 bits per heavy atom. The van der Waals surface area contributed by atoms with Gasteiger partial charge < -0.3 is 4.57 Å². The molecule has 4 rings (SSSR count). The summed E-state index contributed by atoms with van der Waals surface area (Å²) in [5.41, 5.74) is 4.21. The Labute approximate surface area is 133 Å². The predicted molar refractivity (Wildman–Crippen MR) is 87.8 cm³/mol. The van der Waals surface area contributed by atoms with Crippen molar-refractivity contribution in [3.05, 3.63) is 79.9 Å². The van der Waals surface area contributed by atoms with Gasteiger partial charge in [-0.1, -0.05) is 36.4 Å². The van der Waals surface area contributed by atoms with Crippen LogP contribution in [-0.4, -0.2) is 24.5 Å². The molecule has 0 atom stereocenters. The summed E-state index contributed by atoms with van der Waals surface area (Å²) in [6.07, 6.45) is 8.45. The van der Waals surface area contributed by atoms with Crippen LogP contribution in [0.5, 0.6) is 0 Å². The summed E-state index contributed by atoms with van der Waals surface area (Å²) < 4.78 is 1.96. The molecule has 0 spiro atoms. The molecule has 110 valence electrons. The molecule has 0 radical (unpaired) electrons. The standard InChI is InChI=1S/C18H13N5/c1-2-4-14(5-3-1)15-6-7-16(18-21-11-20-12-22-18)17(10-15)23-9-8-19-13-23/h1-13H. The van der Waals surface area contributed by atoms with Crippen LogP contribution >= 0.6 is 0 Å². The van der Waals surface area contributed by atoms with Crippen LogP contribution in [0.15, 0.2) is 79.9 Å². The van der Waals surface area contributed by atoms with Gasteiger partial charge in [-0.2, -0.15) is 0 Å². The zero-order valence-electron chi connectivity index (χ0n) is 12.2. The molecule has 0 aliphatic heterocycles. The molecule has 2 aromatic heterocycles. The van der Waals surface area contributed by atoms with Gasteiger partial charge in [0, 0.05) is 18.0 Å². The first-order chi connectivity index (χ1) is 11.4. The molecule has 0 aliphatic carbocycles. The summed E-state index contributed by atoms with van der Waals surface area (Å²) in [4.78, 5) is 16.6. The van der Waals surface area contributed by atoms with E-state index in [0.717, 1.165) is 22.4 Å². The minimum atomic E-state index is 0.642. The second kappa shape index (κ2) is 5.81. The number of imidazole rings is 1. The first-order valence-electron chi connectivity index (χ1n) is 7.22. The fourth-order valence-electron chi connectivity index (χ4n) is 2.52. The van der Waals surface area contributed by atoms with Crippen LogP contribution < -0.4 is 0 Å². The lowest BCUT2D eigenvalue weighted by Crippen LogP contribution is -1.98. The minimum absolute atomic E-state index is 0.642. The summed E-state index contributed by atoms with van der Waals surface area (Å²) in [5, 5.41) is 0. The van der Waals surface area contributed by atoms with Crippen molar-refractivity contribution in [3.63, 3.8) is 0 Å². The van der Waals surface area contributed by atoms with Crippen molar-refractivity contribution in [2.45, 2.75) is 0 Å². The van der Waals surface area contributed by atoms with Crippen LogP contribution in [0.1, 0.15) is 0 Å². The molecular formula is C18H13N5. The number of aromatic nitrogens is 5. The number of nitrogens with zero attached hydrogens (tertiary/aromatic N) is 5. The third kappa shape index (κ3) is 2.60. The van der Waals surface area contributed by atoms with Crippen molar-refractivity contribution >= 4 is 0 Å². The largest absolute Gasteiger partial charge is 0.306 e. The van der Waals surface area contributed by atoms with Gasteiger partial charge in [-0.05, 0) is 23.3 Å². The molecule has 4 aromatic rings. The Morgan fingerprint density at radius 3 is 2.35 bits per heavy atom. The Kier molecular flexibility index (Phi) is 3.37. The normalized spacial score (nSPS) is 10.6. The molecule has 2 heterocycles. The van der Waals surface area contributed by atoms with E-state index in [9.17, 15) is 0 Å². The minimum Gasteiger partial charge on any atom is -0.306 e. The van der Waals surface area contributed by atoms with Crippen molar-refractivity contribution < 1.29 is 0 Å². The maximum absolute atomic E-state index is 4.27. The second-order valence-electron chi connectivity index (χ2n) is 5.03. The summed E-state index contributed by atoms with van der Waals surface area (Å²) in [5.74, 6) is 0.642. The van der Waals surface area contributed by atoms with E-state index < -0.39 is 0 Å². The highest BCUT2D eigenvalue weighted by atomic mass is 15.0. The third-order valence-corrected chi connectivity index (χ3v) is 3.62. The lowest BCUT2D eigenvalue weighted by atomic mass is 10.0. The van der Waals surface area contributed by atoms with Crippen LogP contribution in [0, 0.1) is 0 Å². The maximum Gasteiger partial charge on any atom is 0.164 e. The van der Waals surface area contributed by atoms with Crippen molar-refractivity contribution in [1.82, 2.24) is 24.5 Å². The SMILES string of the molecule is c1ccc(-c2ccc(-c3ncncn3)c(-n3ccnc3)c2)cc1. The molecule has 0 fully saturated rings. The monoisotopic (exact) mass is 299 g/mol. The second-order valence-corrected chi connectivity index (χ2v) is 5.03. The van der Waals surface area contributed by atoms with Crippen LogP contribution in [0.4, 0.5) is 0 Å². The fraction of sp³-hybridized carbons (Fsp3) is 0. The number of rotatable bonds is 3. The van der Waals surface area contributed by atoms with Gasteiger partial charge >= 0.3 is 0 Å². The summed E-state index contributed by atoms with van der Waals surface area (Å²) in [6, 6.07) is 16.5. The Hall–Kier alpha value is -3.34. The first kappa shape index (κ1) is 13.3. The third-order valence-electron chi connectivity index (χ3n) is 3.62. The zero-order chi connectivity index (χ0) is 15.5. The molecular weight excluding hydrogens is 286 g/mol. The lowest BCUT2D eigenvalue weighted by molar-refractivity contribution is 1.03. The zero-order valence-corrected chi connectivity index (χ0v) is 12.2. The van der Waals surface area contributed by atoms with E-state index in [1.165, 1.54) is 12.7 Å². The number of hydrogen-bond donors (Lipinski definition) is 0. The van der Waals surface area contributed by atoms with Gasteiger partial charge in [0.15, 0.2) is 5.82 Å². The molecule has 0 bridgehead atoms. The molecule has 0 N–H and O–H groups in total. The highest BCUT2D eigenvalue weighted by molar-refractivity contribution is 5.75. The van der Waals surface area contributed by atoms with Gasteiger partial charge in [-0.15, -0.1) is 0 Å². The van der Waals surface area contributed by atoms with Gasteiger partial charge in [0.2, 0.25) is 0 Å². The topological polar surface area (TPSA) is 56.5 Å². The molecule has 0 saturated heterocycles. The highest BCUT2D eigenvalue weighted by Gasteiger charge is 2.11. The molecule has 5 heteroatoms. The first-order valence-corrected chi connectivity index (χ1v) is 7.22. The van der Waals surface area contributed by atoms with E-state index >= 15 is 0 Å². The lowest BCUT2D eigenvalue weighted by Gasteiger charge is -2.11. The van der Waals surface area contributed by atoms with E-state index in [4.69, 9.17) is 0 Å². The fourth-order valence-corrected chi connectivity index (χ4v) is 2.52. The van der Waals surface area contributed by atoms with Crippen molar-refractivity contribution in [1.29, 1.82) is 0 Å². The van der Waals surface area contributed by atoms with Crippen molar-refractivity contribution in [2.75, 3.05) is 0 Å². The van der Waals surface area contributed by atoms with Gasteiger partial charge in [0.05, 0.1) is 12.0 Å². The van der Waals surface area contributed by atoms with E-state index in [2.05, 4.69) is 44.2 Å². The summed E-state index contributed by atoms with van der Waals surface area (Å²) in [7, 11) is 0. The summed E-state index contributed by atoms with van der Waals surface area (Å²) >= 11 is 0. The number of benzene rings is 2. The van der Waals surface area contributed by atoms with Crippen LogP contribution in [-0.2, 0) is 0 Å². The van der Waals surface area contributed by atoms with Crippen molar-refractivity contribution in [2.24, 2.45) is 0 Å². The molecule has 5 nitrogen and oxygen atoms in total. The van der Waals surface area contributed by atoms with E-state index in [-0.39, 0.29) is 0 Å². The van der Waals surface area contributed by atoms with E-state index in [1.807, 2.05) is 35.0 Å². The van der Waals surface area contributed by atoms with E-state index in [0.29, 0.717) is 5.82 Å². The Bertz CT molecular complexity index is 903. The van der Waals surface area contributed by atoms with Gasteiger partial charge in [-0.25, -0.2) is 19.9 Å². The van der Waals surface area contributed by atoms with Crippen LogP contribution in [0.2, 0.25) is 0 Å². The summed E-state index contributed by atoms with van der Waals surface area (Å²) in [6.45, 7) is 0. The highest BCUT2D eigenvalue weighted by Crippen LogP contribution is 2.29. The molecule has 0 saturated carbocycles. The average molecular weight is 299 g/mol. The molecule has 0 amide bonds.